The highest BCUT2D eigenvalue weighted by Gasteiger charge is 2.54. The van der Waals surface area contributed by atoms with E-state index in [2.05, 4.69) is 22.6 Å². The summed E-state index contributed by atoms with van der Waals surface area (Å²) in [7, 11) is -3.62. The van der Waals surface area contributed by atoms with Crippen molar-refractivity contribution in [2.75, 3.05) is 12.9 Å². The van der Waals surface area contributed by atoms with Crippen LogP contribution in [0.2, 0.25) is 0 Å². The molecule has 1 aromatic carbocycles. The summed E-state index contributed by atoms with van der Waals surface area (Å²) >= 11 is 2.10. The lowest BCUT2D eigenvalue weighted by molar-refractivity contribution is -0.151. The van der Waals surface area contributed by atoms with Crippen molar-refractivity contribution < 1.29 is 26.8 Å². The van der Waals surface area contributed by atoms with Gasteiger partial charge in [-0.2, -0.15) is 8.42 Å². The van der Waals surface area contributed by atoms with Gasteiger partial charge in [0, 0.05) is 3.58 Å². The highest BCUT2D eigenvalue weighted by Crippen LogP contribution is 2.45. The molecule has 1 heterocycles. The summed E-state index contributed by atoms with van der Waals surface area (Å²) in [5, 5.41) is 0. The first-order valence-corrected chi connectivity index (χ1v) is 10.8. The van der Waals surface area contributed by atoms with E-state index in [1.807, 2.05) is 30.3 Å². The molecule has 8 heteroatoms. The molecular formula is C17H21IO6S. The van der Waals surface area contributed by atoms with Crippen LogP contribution in [-0.4, -0.2) is 45.4 Å². The predicted molar refractivity (Wildman–Crippen MR) is 101 cm³/mol. The van der Waals surface area contributed by atoms with Crippen molar-refractivity contribution in [2.24, 2.45) is 0 Å². The van der Waals surface area contributed by atoms with Crippen LogP contribution in [0.3, 0.4) is 0 Å². The molecule has 0 unspecified atom stereocenters. The summed E-state index contributed by atoms with van der Waals surface area (Å²) in [4.78, 5) is 0. The molecule has 0 saturated carbocycles. The maximum absolute atomic E-state index is 11.6. The van der Waals surface area contributed by atoms with E-state index in [1.165, 1.54) is 0 Å². The number of hydrogen-bond acceptors (Lipinski definition) is 6. The number of halogens is 1. The Balaban J connectivity index is 1.75. The van der Waals surface area contributed by atoms with Gasteiger partial charge in [0.05, 0.1) is 19.5 Å². The molecule has 3 atom stereocenters. The van der Waals surface area contributed by atoms with Crippen LogP contribution in [0.1, 0.15) is 19.4 Å². The Hall–Kier alpha value is -0.520. The predicted octanol–water partition coefficient (Wildman–Crippen LogP) is 2.77. The molecule has 1 aromatic rings. The van der Waals surface area contributed by atoms with Gasteiger partial charge in [0.1, 0.15) is 18.3 Å². The average molecular weight is 480 g/mol. The number of rotatable bonds is 6. The van der Waals surface area contributed by atoms with Gasteiger partial charge in [-0.25, -0.2) is 0 Å². The molecule has 1 aliphatic heterocycles. The largest absolute Gasteiger partial charge is 0.372 e. The molecule has 6 nitrogen and oxygen atoms in total. The van der Waals surface area contributed by atoms with E-state index in [-0.39, 0.29) is 6.10 Å². The summed E-state index contributed by atoms with van der Waals surface area (Å²) in [5.41, 5.74) is 1.95. The van der Waals surface area contributed by atoms with E-state index >= 15 is 0 Å². The molecule has 1 saturated heterocycles. The maximum Gasteiger partial charge on any atom is 0.265 e. The van der Waals surface area contributed by atoms with Gasteiger partial charge in [0.25, 0.3) is 10.1 Å². The van der Waals surface area contributed by atoms with Gasteiger partial charge >= 0.3 is 0 Å². The first kappa shape index (κ1) is 19.2. The van der Waals surface area contributed by atoms with Crippen LogP contribution in [0, 0.1) is 0 Å². The number of fused-ring (bicyclic) bond motifs is 1. The van der Waals surface area contributed by atoms with E-state index in [4.69, 9.17) is 18.4 Å². The standard InChI is InChI=1S/C17H21IO6S/c1-17(2)22-14-12(10-21-9-11-7-5-4-6-8-11)13(18)15(16(14)23-17)24-25(3,19)20/h4-8,14-16H,9-10H2,1-3H3/t14-,15+,16-/m1/s1. The van der Waals surface area contributed by atoms with Crippen molar-refractivity contribution in [3.63, 3.8) is 0 Å². The summed E-state index contributed by atoms with van der Waals surface area (Å²) in [5.74, 6) is -0.795. The zero-order valence-electron chi connectivity index (χ0n) is 14.3. The monoisotopic (exact) mass is 480 g/mol. The van der Waals surface area contributed by atoms with Gasteiger partial charge in [-0.05, 0) is 47.6 Å². The van der Waals surface area contributed by atoms with E-state index in [0.717, 1.165) is 21.0 Å². The lowest BCUT2D eigenvalue weighted by Gasteiger charge is -2.22. The molecule has 0 aromatic heterocycles. The van der Waals surface area contributed by atoms with Crippen LogP contribution < -0.4 is 0 Å². The molecule has 138 valence electrons. The fourth-order valence-electron chi connectivity index (χ4n) is 3.03. The Morgan fingerprint density at radius 3 is 2.48 bits per heavy atom. The van der Waals surface area contributed by atoms with Crippen LogP contribution in [0.15, 0.2) is 39.5 Å². The zero-order valence-corrected chi connectivity index (χ0v) is 17.2. The normalized spacial score (nSPS) is 28.4. The first-order chi connectivity index (χ1) is 11.7. The molecule has 0 bridgehead atoms. The molecule has 3 rings (SSSR count). The molecule has 2 aliphatic rings. The Kier molecular flexibility index (Phi) is 5.57. The van der Waals surface area contributed by atoms with Crippen molar-refractivity contribution in [2.45, 2.75) is 44.6 Å². The van der Waals surface area contributed by atoms with Gasteiger partial charge in [0.2, 0.25) is 0 Å². The quantitative estimate of drug-likeness (QED) is 0.461. The molecule has 0 spiro atoms. The highest BCUT2D eigenvalue weighted by atomic mass is 127. The first-order valence-electron chi connectivity index (χ1n) is 7.90. The van der Waals surface area contributed by atoms with Gasteiger partial charge < -0.3 is 14.2 Å². The van der Waals surface area contributed by atoms with Crippen LogP contribution in [0.5, 0.6) is 0 Å². The Labute approximate surface area is 161 Å². The van der Waals surface area contributed by atoms with Gasteiger partial charge in [-0.15, -0.1) is 0 Å². The topological polar surface area (TPSA) is 71.1 Å². The minimum absolute atomic E-state index is 0.331. The molecule has 0 radical (unpaired) electrons. The summed E-state index contributed by atoms with van der Waals surface area (Å²) in [6.45, 7) is 4.40. The third-order valence-electron chi connectivity index (χ3n) is 3.98. The van der Waals surface area contributed by atoms with Crippen LogP contribution in [0.25, 0.3) is 0 Å². The summed E-state index contributed by atoms with van der Waals surface area (Å²) < 4.78 is 46.9. The van der Waals surface area contributed by atoms with Gasteiger partial charge in [0.15, 0.2) is 5.79 Å². The molecule has 0 amide bonds. The highest BCUT2D eigenvalue weighted by molar-refractivity contribution is 14.1. The SMILES string of the molecule is CC1(C)O[C@@H]2[C@H](O1)C(COCc1ccccc1)=C(I)[C@@H]2OS(C)(=O)=O. The van der Waals surface area contributed by atoms with Gasteiger partial charge in [-0.3, -0.25) is 4.18 Å². The Morgan fingerprint density at radius 2 is 1.84 bits per heavy atom. The van der Waals surface area contributed by atoms with E-state index in [9.17, 15) is 8.42 Å². The van der Waals surface area contributed by atoms with Crippen LogP contribution >= 0.6 is 22.6 Å². The lowest BCUT2D eigenvalue weighted by atomic mass is 10.1. The minimum atomic E-state index is -3.62. The lowest BCUT2D eigenvalue weighted by Crippen LogP contribution is -2.34. The fourth-order valence-corrected chi connectivity index (χ4v) is 4.73. The summed E-state index contributed by atoms with van der Waals surface area (Å²) in [6, 6.07) is 9.85. The maximum atomic E-state index is 11.6. The van der Waals surface area contributed by atoms with Crippen LogP contribution in [-0.2, 0) is 35.1 Å². The molecule has 0 N–H and O–H groups in total. The van der Waals surface area contributed by atoms with Crippen molar-refractivity contribution in [1.82, 2.24) is 0 Å². The zero-order chi connectivity index (χ0) is 18.2. The third kappa shape index (κ3) is 4.61. The molecular weight excluding hydrogens is 459 g/mol. The number of ether oxygens (including phenoxy) is 3. The second-order valence-corrected chi connectivity index (χ2v) is 9.36. The number of benzene rings is 1. The third-order valence-corrected chi connectivity index (χ3v) is 5.84. The fraction of sp³-hybridized carbons (Fsp3) is 0.529. The second kappa shape index (κ2) is 7.24. The van der Waals surface area contributed by atoms with Crippen molar-refractivity contribution in [1.29, 1.82) is 0 Å². The van der Waals surface area contributed by atoms with Crippen LogP contribution in [0.4, 0.5) is 0 Å². The van der Waals surface area contributed by atoms with Crippen molar-refractivity contribution in [3.8, 4) is 0 Å². The molecule has 25 heavy (non-hydrogen) atoms. The minimum Gasteiger partial charge on any atom is -0.372 e. The van der Waals surface area contributed by atoms with E-state index in [1.54, 1.807) is 13.8 Å². The second-order valence-electron chi connectivity index (χ2n) is 6.59. The number of hydrogen-bond donors (Lipinski definition) is 0. The van der Waals surface area contributed by atoms with Crippen molar-refractivity contribution in [3.05, 3.63) is 45.0 Å². The average Bonchev–Trinajstić information content (AvgIpc) is 2.93. The summed E-state index contributed by atoms with van der Waals surface area (Å²) in [6.07, 6.45) is -0.523. The van der Waals surface area contributed by atoms with E-state index in [0.29, 0.717) is 13.2 Å². The Morgan fingerprint density at radius 1 is 1.16 bits per heavy atom. The molecule has 1 aliphatic carbocycles. The van der Waals surface area contributed by atoms with Crippen molar-refractivity contribution >= 4 is 32.7 Å². The molecule has 1 fully saturated rings. The Bertz CT molecular complexity index is 759. The smallest absolute Gasteiger partial charge is 0.265 e. The van der Waals surface area contributed by atoms with E-state index < -0.39 is 28.1 Å². The van der Waals surface area contributed by atoms with Gasteiger partial charge in [-0.1, -0.05) is 30.3 Å².